The lowest BCUT2D eigenvalue weighted by Gasteiger charge is -2.15. The van der Waals surface area contributed by atoms with Crippen LogP contribution in [0.1, 0.15) is 31.1 Å². The fourth-order valence-electron chi connectivity index (χ4n) is 1.90. The van der Waals surface area contributed by atoms with Gasteiger partial charge in [0.05, 0.1) is 6.10 Å². The zero-order valence-electron chi connectivity index (χ0n) is 11.0. The van der Waals surface area contributed by atoms with Gasteiger partial charge < -0.3 is 9.84 Å². The summed E-state index contributed by atoms with van der Waals surface area (Å²) in [5.74, 6) is 0.779. The molecule has 2 aromatic rings. The molecule has 100 valence electrons. The number of ether oxygens (including phenoxy) is 1. The molecule has 0 amide bonds. The minimum Gasteiger partial charge on any atom is -0.491 e. The van der Waals surface area contributed by atoms with Gasteiger partial charge in [-0.2, -0.15) is 0 Å². The lowest BCUT2D eigenvalue weighted by atomic mass is 10.0. The normalized spacial score (nSPS) is 12.5. The van der Waals surface area contributed by atoms with Crippen LogP contribution in [-0.4, -0.2) is 11.2 Å². The Hall–Kier alpha value is -1.32. The molecule has 2 rings (SSSR count). The van der Waals surface area contributed by atoms with E-state index in [0.29, 0.717) is 0 Å². The Balaban J connectivity index is 2.26. The molecule has 0 bridgehead atoms. The van der Waals surface area contributed by atoms with Crippen molar-refractivity contribution in [3.8, 4) is 5.75 Å². The van der Waals surface area contributed by atoms with Crippen molar-refractivity contribution >= 4 is 15.9 Å². The molecule has 0 aliphatic carbocycles. The summed E-state index contributed by atoms with van der Waals surface area (Å²) >= 11 is 3.41. The fourth-order valence-corrected chi connectivity index (χ4v) is 2.32. The standard InChI is InChI=1S/C16H17BrO2/c1-11(2)19-15-8-4-6-13(10-15)16(18)12-5-3-7-14(17)9-12/h3-11,16,18H,1-2H3. The summed E-state index contributed by atoms with van der Waals surface area (Å²) in [5.41, 5.74) is 1.69. The molecule has 0 heterocycles. The van der Waals surface area contributed by atoms with Crippen LogP contribution in [0, 0.1) is 0 Å². The van der Waals surface area contributed by atoms with Gasteiger partial charge in [0.1, 0.15) is 11.9 Å². The van der Waals surface area contributed by atoms with E-state index in [1.54, 1.807) is 0 Å². The molecule has 1 unspecified atom stereocenters. The van der Waals surface area contributed by atoms with Crippen LogP contribution < -0.4 is 4.74 Å². The van der Waals surface area contributed by atoms with E-state index in [4.69, 9.17) is 4.74 Å². The van der Waals surface area contributed by atoms with Crippen LogP contribution in [0.3, 0.4) is 0 Å². The number of aliphatic hydroxyl groups excluding tert-OH is 1. The number of rotatable bonds is 4. The van der Waals surface area contributed by atoms with Crippen molar-refractivity contribution in [3.05, 3.63) is 64.1 Å². The summed E-state index contributed by atoms with van der Waals surface area (Å²) in [7, 11) is 0. The molecule has 2 aromatic carbocycles. The summed E-state index contributed by atoms with van der Waals surface area (Å²) in [6, 6.07) is 15.3. The highest BCUT2D eigenvalue weighted by Crippen LogP contribution is 2.27. The predicted molar refractivity (Wildman–Crippen MR) is 80.4 cm³/mol. The number of benzene rings is 2. The third-order valence-corrected chi connectivity index (χ3v) is 3.20. The van der Waals surface area contributed by atoms with E-state index in [2.05, 4.69) is 15.9 Å². The second kappa shape index (κ2) is 6.22. The fraction of sp³-hybridized carbons (Fsp3) is 0.250. The molecule has 0 saturated carbocycles. The summed E-state index contributed by atoms with van der Waals surface area (Å²) in [6.45, 7) is 3.97. The quantitative estimate of drug-likeness (QED) is 0.909. The third kappa shape index (κ3) is 3.82. The zero-order chi connectivity index (χ0) is 13.8. The van der Waals surface area contributed by atoms with Crippen LogP contribution in [0.15, 0.2) is 53.0 Å². The van der Waals surface area contributed by atoms with Gasteiger partial charge in [-0.25, -0.2) is 0 Å². The Labute approximate surface area is 122 Å². The molecule has 0 fully saturated rings. The minimum atomic E-state index is -0.645. The highest BCUT2D eigenvalue weighted by Gasteiger charge is 2.11. The number of hydrogen-bond donors (Lipinski definition) is 1. The van der Waals surface area contributed by atoms with Crippen LogP contribution in [0.5, 0.6) is 5.75 Å². The molecule has 3 heteroatoms. The Bertz CT molecular complexity index is 552. The second-order valence-electron chi connectivity index (χ2n) is 4.70. The van der Waals surface area contributed by atoms with Gasteiger partial charge in [-0.05, 0) is 49.2 Å². The first-order valence-corrected chi connectivity index (χ1v) is 7.05. The first-order valence-electron chi connectivity index (χ1n) is 6.26. The Morgan fingerprint density at radius 1 is 1.00 bits per heavy atom. The van der Waals surface area contributed by atoms with Crippen molar-refractivity contribution in [1.29, 1.82) is 0 Å². The van der Waals surface area contributed by atoms with Crippen LogP contribution in [0.25, 0.3) is 0 Å². The minimum absolute atomic E-state index is 0.123. The molecule has 0 aliphatic rings. The van der Waals surface area contributed by atoms with Crippen LogP contribution in [-0.2, 0) is 0 Å². The maximum absolute atomic E-state index is 10.4. The Morgan fingerprint density at radius 3 is 2.26 bits per heavy atom. The average Bonchev–Trinajstić information content (AvgIpc) is 2.37. The molecular formula is C16H17BrO2. The summed E-state index contributed by atoms with van der Waals surface area (Å²) < 4.78 is 6.60. The molecule has 0 aliphatic heterocycles. The summed E-state index contributed by atoms with van der Waals surface area (Å²) in [5, 5.41) is 10.4. The number of hydrogen-bond acceptors (Lipinski definition) is 2. The van der Waals surface area contributed by atoms with Crippen LogP contribution in [0.2, 0.25) is 0 Å². The average molecular weight is 321 g/mol. The van der Waals surface area contributed by atoms with Gasteiger partial charge in [-0.3, -0.25) is 0 Å². The molecule has 0 spiro atoms. The molecule has 19 heavy (non-hydrogen) atoms. The number of aliphatic hydroxyl groups is 1. The van der Waals surface area contributed by atoms with E-state index in [9.17, 15) is 5.11 Å². The van der Waals surface area contributed by atoms with Crippen LogP contribution >= 0.6 is 15.9 Å². The molecule has 1 N–H and O–H groups in total. The zero-order valence-corrected chi connectivity index (χ0v) is 12.6. The molecule has 0 radical (unpaired) electrons. The highest BCUT2D eigenvalue weighted by atomic mass is 79.9. The van der Waals surface area contributed by atoms with Gasteiger partial charge in [-0.1, -0.05) is 40.2 Å². The van der Waals surface area contributed by atoms with Crippen molar-refractivity contribution in [2.24, 2.45) is 0 Å². The second-order valence-corrected chi connectivity index (χ2v) is 5.61. The van der Waals surface area contributed by atoms with Gasteiger partial charge in [0.2, 0.25) is 0 Å². The molecule has 1 atom stereocenters. The van der Waals surface area contributed by atoms with Gasteiger partial charge in [-0.15, -0.1) is 0 Å². The Kier molecular flexibility index (Phi) is 4.61. The highest BCUT2D eigenvalue weighted by molar-refractivity contribution is 9.10. The molecular weight excluding hydrogens is 304 g/mol. The van der Waals surface area contributed by atoms with Crippen molar-refractivity contribution in [2.75, 3.05) is 0 Å². The first kappa shape index (κ1) is 14.1. The van der Waals surface area contributed by atoms with Crippen molar-refractivity contribution in [3.63, 3.8) is 0 Å². The summed E-state index contributed by atoms with van der Waals surface area (Å²) in [6.07, 6.45) is -0.522. The largest absolute Gasteiger partial charge is 0.491 e. The van der Waals surface area contributed by atoms with E-state index in [0.717, 1.165) is 21.3 Å². The van der Waals surface area contributed by atoms with E-state index in [1.165, 1.54) is 0 Å². The monoisotopic (exact) mass is 320 g/mol. The van der Waals surface area contributed by atoms with Gasteiger partial charge in [0, 0.05) is 4.47 Å². The third-order valence-electron chi connectivity index (χ3n) is 2.71. The van der Waals surface area contributed by atoms with Crippen molar-refractivity contribution < 1.29 is 9.84 Å². The van der Waals surface area contributed by atoms with Crippen molar-refractivity contribution in [2.45, 2.75) is 26.1 Å². The Morgan fingerprint density at radius 2 is 1.63 bits per heavy atom. The van der Waals surface area contributed by atoms with E-state index >= 15 is 0 Å². The van der Waals surface area contributed by atoms with E-state index < -0.39 is 6.10 Å². The van der Waals surface area contributed by atoms with Crippen molar-refractivity contribution in [1.82, 2.24) is 0 Å². The summed E-state index contributed by atoms with van der Waals surface area (Å²) in [4.78, 5) is 0. The smallest absolute Gasteiger partial charge is 0.120 e. The maximum Gasteiger partial charge on any atom is 0.120 e. The van der Waals surface area contributed by atoms with E-state index in [1.807, 2.05) is 62.4 Å². The number of halogens is 1. The lowest BCUT2D eigenvalue weighted by molar-refractivity contribution is 0.216. The van der Waals surface area contributed by atoms with E-state index in [-0.39, 0.29) is 6.10 Å². The van der Waals surface area contributed by atoms with Gasteiger partial charge in [0.15, 0.2) is 0 Å². The molecule has 0 aromatic heterocycles. The SMILES string of the molecule is CC(C)Oc1cccc(C(O)c2cccc(Br)c2)c1. The lowest BCUT2D eigenvalue weighted by Crippen LogP contribution is -2.06. The maximum atomic E-state index is 10.4. The van der Waals surface area contributed by atoms with Crippen LogP contribution in [0.4, 0.5) is 0 Å². The topological polar surface area (TPSA) is 29.5 Å². The first-order chi connectivity index (χ1) is 9.06. The van der Waals surface area contributed by atoms with Gasteiger partial charge >= 0.3 is 0 Å². The predicted octanol–water partition coefficient (Wildman–Crippen LogP) is 4.32. The molecule has 2 nitrogen and oxygen atoms in total. The molecule has 0 saturated heterocycles. The van der Waals surface area contributed by atoms with Gasteiger partial charge in [0.25, 0.3) is 0 Å².